The molecular weight excluding hydrogens is 487 g/mol. The lowest BCUT2D eigenvalue weighted by molar-refractivity contribution is 0.112. The van der Waals surface area contributed by atoms with E-state index in [0.717, 1.165) is 56.3 Å². The highest BCUT2D eigenvalue weighted by Crippen LogP contribution is 2.21. The molecule has 1 aliphatic rings. The molecule has 0 bridgehead atoms. The SMILES string of the molecule is COc1ccc(OCCN2CCN(Cc3ccc4oc5ccccc5c(=O)c4c3)CC2)cc1.Cl.Cl. The highest BCUT2D eigenvalue weighted by atomic mass is 35.5. The Morgan fingerprint density at radius 3 is 2.20 bits per heavy atom. The third-order valence-corrected chi connectivity index (χ3v) is 6.25. The van der Waals surface area contributed by atoms with E-state index in [1.807, 2.05) is 60.7 Å². The Morgan fingerprint density at radius 1 is 0.800 bits per heavy atom. The van der Waals surface area contributed by atoms with Gasteiger partial charge in [-0.15, -0.1) is 24.8 Å². The summed E-state index contributed by atoms with van der Waals surface area (Å²) < 4.78 is 17.0. The molecule has 3 aromatic carbocycles. The summed E-state index contributed by atoms with van der Waals surface area (Å²) >= 11 is 0. The van der Waals surface area contributed by atoms with Crippen molar-refractivity contribution in [1.29, 1.82) is 0 Å². The van der Waals surface area contributed by atoms with E-state index < -0.39 is 0 Å². The Morgan fingerprint density at radius 2 is 1.46 bits per heavy atom. The molecule has 8 heteroatoms. The maximum absolute atomic E-state index is 12.9. The van der Waals surface area contributed by atoms with E-state index in [0.29, 0.717) is 28.5 Å². The summed E-state index contributed by atoms with van der Waals surface area (Å²) in [5.41, 5.74) is 2.45. The molecular formula is C27H30Cl2N2O4. The zero-order valence-electron chi connectivity index (χ0n) is 19.6. The number of halogens is 2. The van der Waals surface area contributed by atoms with E-state index in [4.69, 9.17) is 13.9 Å². The van der Waals surface area contributed by atoms with Gasteiger partial charge in [-0.2, -0.15) is 0 Å². The molecule has 0 radical (unpaired) electrons. The molecule has 0 amide bonds. The average Bonchev–Trinajstić information content (AvgIpc) is 2.86. The molecule has 2 heterocycles. The Labute approximate surface area is 217 Å². The maximum atomic E-state index is 12.9. The van der Waals surface area contributed by atoms with Crippen LogP contribution in [0, 0.1) is 0 Å². The topological polar surface area (TPSA) is 55.2 Å². The Balaban J connectivity index is 0.00000171. The van der Waals surface area contributed by atoms with Crippen LogP contribution in [-0.2, 0) is 6.54 Å². The molecule has 6 nitrogen and oxygen atoms in total. The van der Waals surface area contributed by atoms with E-state index in [2.05, 4.69) is 15.9 Å². The van der Waals surface area contributed by atoms with Crippen molar-refractivity contribution in [3.8, 4) is 11.5 Å². The van der Waals surface area contributed by atoms with Crippen LogP contribution in [0.3, 0.4) is 0 Å². The second-order valence-electron chi connectivity index (χ2n) is 8.40. The molecule has 0 spiro atoms. The lowest BCUT2D eigenvalue weighted by Gasteiger charge is -2.34. The monoisotopic (exact) mass is 516 g/mol. The first kappa shape index (κ1) is 26.8. The predicted octanol–water partition coefficient (Wildman–Crippen LogP) is 5.00. The summed E-state index contributed by atoms with van der Waals surface area (Å²) in [4.78, 5) is 17.8. The van der Waals surface area contributed by atoms with Gasteiger partial charge in [0.15, 0.2) is 0 Å². The molecule has 0 saturated carbocycles. The van der Waals surface area contributed by atoms with Crippen molar-refractivity contribution >= 4 is 46.8 Å². The number of rotatable bonds is 7. The summed E-state index contributed by atoms with van der Waals surface area (Å²) in [6.45, 7) is 6.40. The normalized spacial score (nSPS) is 14.3. The summed E-state index contributed by atoms with van der Waals surface area (Å²) in [5, 5.41) is 1.29. The summed E-state index contributed by atoms with van der Waals surface area (Å²) in [6.07, 6.45) is 0. The van der Waals surface area contributed by atoms with Gasteiger partial charge in [0, 0.05) is 39.3 Å². The first-order chi connectivity index (χ1) is 16.2. The summed E-state index contributed by atoms with van der Waals surface area (Å²) in [5.74, 6) is 1.70. The number of methoxy groups -OCH3 is 1. The van der Waals surface area contributed by atoms with Gasteiger partial charge in [-0.05, 0) is 54.1 Å². The minimum atomic E-state index is 0. The lowest BCUT2D eigenvalue weighted by Crippen LogP contribution is -2.47. The molecule has 1 saturated heterocycles. The second kappa shape index (κ2) is 12.3. The van der Waals surface area contributed by atoms with Crippen molar-refractivity contribution in [2.75, 3.05) is 46.4 Å². The number of ether oxygens (including phenoxy) is 2. The van der Waals surface area contributed by atoms with E-state index in [1.54, 1.807) is 7.11 Å². The quantitative estimate of drug-likeness (QED) is 0.322. The van der Waals surface area contributed by atoms with Crippen LogP contribution in [0.25, 0.3) is 21.9 Å². The van der Waals surface area contributed by atoms with E-state index in [1.165, 1.54) is 0 Å². The van der Waals surface area contributed by atoms with Gasteiger partial charge in [-0.3, -0.25) is 14.6 Å². The fraction of sp³-hybridized carbons (Fsp3) is 0.296. The number of benzene rings is 3. The van der Waals surface area contributed by atoms with Gasteiger partial charge in [0.25, 0.3) is 0 Å². The molecule has 1 fully saturated rings. The smallest absolute Gasteiger partial charge is 0.200 e. The summed E-state index contributed by atoms with van der Waals surface area (Å²) in [7, 11) is 1.66. The van der Waals surface area contributed by atoms with Crippen LogP contribution in [0.15, 0.2) is 75.9 Å². The van der Waals surface area contributed by atoms with Gasteiger partial charge < -0.3 is 13.9 Å². The van der Waals surface area contributed by atoms with Crippen molar-refractivity contribution in [1.82, 2.24) is 9.80 Å². The van der Waals surface area contributed by atoms with Gasteiger partial charge in [0.05, 0.1) is 17.9 Å². The first-order valence-corrected chi connectivity index (χ1v) is 11.4. The Hall–Kier alpha value is -2.77. The third kappa shape index (κ3) is 6.27. The fourth-order valence-electron chi connectivity index (χ4n) is 4.34. The largest absolute Gasteiger partial charge is 0.497 e. The maximum Gasteiger partial charge on any atom is 0.200 e. The summed E-state index contributed by atoms with van der Waals surface area (Å²) in [6, 6.07) is 21.1. The molecule has 1 aliphatic heterocycles. The molecule has 0 atom stereocenters. The van der Waals surface area contributed by atoms with Gasteiger partial charge in [0.2, 0.25) is 5.43 Å². The van der Waals surface area contributed by atoms with E-state index in [-0.39, 0.29) is 30.2 Å². The molecule has 0 aliphatic carbocycles. The van der Waals surface area contributed by atoms with Crippen molar-refractivity contribution in [2.24, 2.45) is 0 Å². The van der Waals surface area contributed by atoms with Crippen LogP contribution in [0.5, 0.6) is 11.5 Å². The number of nitrogens with zero attached hydrogens (tertiary/aromatic N) is 2. The molecule has 186 valence electrons. The highest BCUT2D eigenvalue weighted by Gasteiger charge is 2.17. The lowest BCUT2D eigenvalue weighted by atomic mass is 10.1. The van der Waals surface area contributed by atoms with Crippen LogP contribution in [0.2, 0.25) is 0 Å². The van der Waals surface area contributed by atoms with Crippen LogP contribution in [0.1, 0.15) is 5.56 Å². The molecule has 4 aromatic rings. The first-order valence-electron chi connectivity index (χ1n) is 11.4. The Bertz CT molecular complexity index is 1300. The molecule has 1 aromatic heterocycles. The number of piperazine rings is 1. The van der Waals surface area contributed by atoms with Crippen molar-refractivity contribution in [3.05, 3.63) is 82.5 Å². The van der Waals surface area contributed by atoms with Gasteiger partial charge in [-0.25, -0.2) is 0 Å². The van der Waals surface area contributed by atoms with E-state index in [9.17, 15) is 4.79 Å². The molecule has 0 unspecified atom stereocenters. The van der Waals surface area contributed by atoms with E-state index >= 15 is 0 Å². The molecule has 35 heavy (non-hydrogen) atoms. The minimum Gasteiger partial charge on any atom is -0.497 e. The third-order valence-electron chi connectivity index (χ3n) is 6.25. The number of hydrogen-bond donors (Lipinski definition) is 0. The van der Waals surface area contributed by atoms with Crippen LogP contribution < -0.4 is 14.9 Å². The van der Waals surface area contributed by atoms with Crippen molar-refractivity contribution < 1.29 is 13.9 Å². The van der Waals surface area contributed by atoms with Gasteiger partial charge in [-0.1, -0.05) is 18.2 Å². The highest BCUT2D eigenvalue weighted by molar-refractivity contribution is 5.89. The van der Waals surface area contributed by atoms with Gasteiger partial charge >= 0.3 is 0 Å². The van der Waals surface area contributed by atoms with Gasteiger partial charge in [0.1, 0.15) is 29.3 Å². The minimum absolute atomic E-state index is 0. The second-order valence-corrected chi connectivity index (χ2v) is 8.40. The Kier molecular flexibility index (Phi) is 9.40. The number of para-hydroxylation sites is 1. The molecule has 0 N–H and O–H groups in total. The average molecular weight is 517 g/mol. The predicted molar refractivity (Wildman–Crippen MR) is 145 cm³/mol. The molecule has 5 rings (SSSR count). The zero-order valence-corrected chi connectivity index (χ0v) is 21.3. The zero-order chi connectivity index (χ0) is 22.6. The van der Waals surface area contributed by atoms with Crippen LogP contribution in [0.4, 0.5) is 0 Å². The van der Waals surface area contributed by atoms with Crippen LogP contribution >= 0.6 is 24.8 Å². The standard InChI is InChI=1S/C27H28N2O4.2ClH/c1-31-21-7-9-22(10-8-21)32-17-16-28-12-14-29(15-13-28)19-20-6-11-26-24(18-20)27(30)23-4-2-3-5-25(23)33-26;;/h2-11,18H,12-17,19H2,1H3;2*1H. The fourth-order valence-corrected chi connectivity index (χ4v) is 4.34. The van der Waals surface area contributed by atoms with Crippen LogP contribution in [-0.4, -0.2) is 56.2 Å². The number of hydrogen-bond acceptors (Lipinski definition) is 6. The number of fused-ring (bicyclic) bond motifs is 2. The van der Waals surface area contributed by atoms with Crippen molar-refractivity contribution in [2.45, 2.75) is 6.54 Å². The van der Waals surface area contributed by atoms with Crippen molar-refractivity contribution in [3.63, 3.8) is 0 Å².